The van der Waals surface area contributed by atoms with E-state index >= 15 is 0 Å². The third-order valence-corrected chi connectivity index (χ3v) is 3.17. The van der Waals surface area contributed by atoms with Crippen LogP contribution < -0.4 is 14.8 Å². The molecule has 0 spiro atoms. The molecular weight excluding hydrogens is 347 g/mol. The molecular formula is C16H13ClF3NO3. The molecule has 4 nitrogen and oxygen atoms in total. The molecule has 2 aromatic carbocycles. The second-order valence-electron chi connectivity index (χ2n) is 4.70. The third kappa shape index (κ3) is 4.79. The van der Waals surface area contributed by atoms with Gasteiger partial charge in [-0.05, 0) is 30.3 Å². The number of anilines is 1. The first kappa shape index (κ1) is 17.9. The summed E-state index contributed by atoms with van der Waals surface area (Å²) in [7, 11) is 1.41. The largest absolute Gasteiger partial charge is 0.496 e. The van der Waals surface area contributed by atoms with Crippen LogP contribution >= 0.6 is 11.6 Å². The summed E-state index contributed by atoms with van der Waals surface area (Å²) in [5.74, 6) is -0.374. The zero-order valence-electron chi connectivity index (χ0n) is 12.5. The molecule has 0 aliphatic heterocycles. The van der Waals surface area contributed by atoms with E-state index in [0.717, 1.165) is 0 Å². The Hall–Kier alpha value is -2.41. The number of nitrogens with one attached hydrogen (secondary N) is 1. The zero-order valence-corrected chi connectivity index (χ0v) is 13.2. The van der Waals surface area contributed by atoms with Crippen LogP contribution in [0, 0.1) is 0 Å². The van der Waals surface area contributed by atoms with Gasteiger partial charge in [-0.25, -0.2) is 0 Å². The molecule has 0 saturated heterocycles. The first-order chi connectivity index (χ1) is 11.3. The number of hydrogen-bond donors (Lipinski definition) is 1. The maximum atomic E-state index is 12.3. The Morgan fingerprint density at radius 2 is 1.88 bits per heavy atom. The van der Waals surface area contributed by atoms with Gasteiger partial charge in [-0.15, -0.1) is 0 Å². The fraction of sp³-hybridized carbons (Fsp3) is 0.188. The Bertz CT molecular complexity index is 735. The molecule has 0 bridgehead atoms. The highest BCUT2D eigenvalue weighted by molar-refractivity contribution is 6.31. The number of carbonyl (C=O) groups is 1. The molecule has 0 aromatic heterocycles. The highest BCUT2D eigenvalue weighted by Crippen LogP contribution is 2.30. The van der Waals surface area contributed by atoms with E-state index in [1.165, 1.54) is 31.4 Å². The monoisotopic (exact) mass is 359 g/mol. The standard InChI is InChI=1S/C16H13ClF3NO3/c1-23-13-5-3-2-4-11(13)15(22)21-12-8-10(17)6-7-14(12)24-9-16(18,19)20/h2-8H,9H2,1H3,(H,21,22). The summed E-state index contributed by atoms with van der Waals surface area (Å²) >= 11 is 5.84. The summed E-state index contributed by atoms with van der Waals surface area (Å²) in [6.07, 6.45) is -4.50. The minimum absolute atomic E-state index is 0.0302. The van der Waals surface area contributed by atoms with Crippen molar-refractivity contribution in [2.45, 2.75) is 6.18 Å². The van der Waals surface area contributed by atoms with E-state index in [2.05, 4.69) is 5.32 Å². The predicted molar refractivity (Wildman–Crippen MR) is 83.9 cm³/mol. The lowest BCUT2D eigenvalue weighted by Gasteiger charge is -2.15. The van der Waals surface area contributed by atoms with E-state index in [1.54, 1.807) is 18.2 Å². The molecule has 24 heavy (non-hydrogen) atoms. The van der Waals surface area contributed by atoms with Crippen LogP contribution in [0.5, 0.6) is 11.5 Å². The molecule has 0 atom stereocenters. The number of alkyl halides is 3. The molecule has 0 aliphatic rings. The van der Waals surface area contributed by atoms with Gasteiger partial charge in [0.05, 0.1) is 18.4 Å². The molecule has 2 rings (SSSR count). The summed E-state index contributed by atoms with van der Waals surface area (Å²) in [5.41, 5.74) is 0.254. The molecule has 0 unspecified atom stereocenters. The van der Waals surface area contributed by atoms with Crippen LogP contribution in [0.25, 0.3) is 0 Å². The molecule has 8 heteroatoms. The lowest BCUT2D eigenvalue weighted by Crippen LogP contribution is -2.20. The van der Waals surface area contributed by atoms with Crippen LogP contribution in [0.4, 0.5) is 18.9 Å². The fourth-order valence-electron chi connectivity index (χ4n) is 1.91. The number of methoxy groups -OCH3 is 1. The van der Waals surface area contributed by atoms with E-state index < -0.39 is 18.7 Å². The Morgan fingerprint density at radius 3 is 2.54 bits per heavy atom. The second-order valence-corrected chi connectivity index (χ2v) is 5.14. The first-order valence-corrected chi connectivity index (χ1v) is 7.11. The molecule has 1 amide bonds. The van der Waals surface area contributed by atoms with Gasteiger partial charge in [0.1, 0.15) is 11.5 Å². The molecule has 0 fully saturated rings. The third-order valence-electron chi connectivity index (χ3n) is 2.93. The maximum absolute atomic E-state index is 12.3. The van der Waals surface area contributed by atoms with Crippen molar-refractivity contribution >= 4 is 23.2 Å². The van der Waals surface area contributed by atoms with Crippen molar-refractivity contribution in [3.8, 4) is 11.5 Å². The lowest BCUT2D eigenvalue weighted by molar-refractivity contribution is -0.153. The van der Waals surface area contributed by atoms with Crippen molar-refractivity contribution in [1.82, 2.24) is 0 Å². The lowest BCUT2D eigenvalue weighted by atomic mass is 10.2. The number of para-hydroxylation sites is 1. The average Bonchev–Trinajstić information content (AvgIpc) is 2.53. The maximum Gasteiger partial charge on any atom is 0.422 e. The van der Waals surface area contributed by atoms with Gasteiger partial charge in [0, 0.05) is 5.02 Å². The molecule has 0 saturated carbocycles. The summed E-state index contributed by atoms with van der Waals surface area (Å²) < 4.78 is 46.8. The Morgan fingerprint density at radius 1 is 1.17 bits per heavy atom. The van der Waals surface area contributed by atoms with Crippen LogP contribution in [0.15, 0.2) is 42.5 Å². The van der Waals surface area contributed by atoms with E-state index in [-0.39, 0.29) is 22.0 Å². The van der Waals surface area contributed by atoms with Gasteiger partial charge in [0.25, 0.3) is 5.91 Å². The van der Waals surface area contributed by atoms with Crippen LogP contribution in [-0.4, -0.2) is 25.8 Å². The van der Waals surface area contributed by atoms with Gasteiger partial charge in [0.2, 0.25) is 0 Å². The molecule has 0 aliphatic carbocycles. The number of hydrogen-bond acceptors (Lipinski definition) is 3. The van der Waals surface area contributed by atoms with Gasteiger partial charge < -0.3 is 14.8 Å². The van der Waals surface area contributed by atoms with E-state index in [1.807, 2.05) is 0 Å². The van der Waals surface area contributed by atoms with Crippen molar-refractivity contribution in [3.05, 3.63) is 53.1 Å². The Balaban J connectivity index is 2.25. The number of halogens is 4. The first-order valence-electron chi connectivity index (χ1n) is 6.73. The Kier molecular flexibility index (Phi) is 5.56. The summed E-state index contributed by atoms with van der Waals surface area (Å²) in [5, 5.41) is 2.72. The van der Waals surface area contributed by atoms with Gasteiger partial charge in [-0.3, -0.25) is 4.79 Å². The van der Waals surface area contributed by atoms with Gasteiger partial charge in [-0.1, -0.05) is 23.7 Å². The van der Waals surface area contributed by atoms with Crippen molar-refractivity contribution in [2.24, 2.45) is 0 Å². The van der Waals surface area contributed by atoms with Crippen LogP contribution in [0.3, 0.4) is 0 Å². The number of ether oxygens (including phenoxy) is 2. The average molecular weight is 360 g/mol. The van der Waals surface area contributed by atoms with Crippen molar-refractivity contribution in [2.75, 3.05) is 19.0 Å². The van der Waals surface area contributed by atoms with Crippen LogP contribution in [0.2, 0.25) is 5.02 Å². The summed E-state index contributed by atoms with van der Waals surface area (Å²) in [6, 6.07) is 10.4. The fourth-order valence-corrected chi connectivity index (χ4v) is 2.08. The SMILES string of the molecule is COc1ccccc1C(=O)Nc1cc(Cl)ccc1OCC(F)(F)F. The van der Waals surface area contributed by atoms with Crippen LogP contribution in [-0.2, 0) is 0 Å². The van der Waals surface area contributed by atoms with Crippen molar-refractivity contribution < 1.29 is 27.4 Å². The minimum atomic E-state index is -4.50. The van der Waals surface area contributed by atoms with Crippen LogP contribution in [0.1, 0.15) is 10.4 Å². The molecule has 128 valence electrons. The highest BCUT2D eigenvalue weighted by atomic mass is 35.5. The van der Waals surface area contributed by atoms with E-state index in [9.17, 15) is 18.0 Å². The Labute approximate surface area is 141 Å². The minimum Gasteiger partial charge on any atom is -0.496 e. The number of benzene rings is 2. The number of amides is 1. The zero-order chi connectivity index (χ0) is 17.7. The molecule has 0 radical (unpaired) electrons. The predicted octanol–water partition coefficient (Wildman–Crippen LogP) is 4.54. The van der Waals surface area contributed by atoms with Gasteiger partial charge >= 0.3 is 6.18 Å². The summed E-state index contributed by atoms with van der Waals surface area (Å²) in [4.78, 5) is 12.3. The van der Waals surface area contributed by atoms with E-state index in [0.29, 0.717) is 5.75 Å². The molecule has 0 heterocycles. The van der Waals surface area contributed by atoms with Crippen molar-refractivity contribution in [3.63, 3.8) is 0 Å². The van der Waals surface area contributed by atoms with Crippen molar-refractivity contribution in [1.29, 1.82) is 0 Å². The smallest absolute Gasteiger partial charge is 0.422 e. The normalized spacial score (nSPS) is 11.0. The quantitative estimate of drug-likeness (QED) is 0.852. The topological polar surface area (TPSA) is 47.6 Å². The van der Waals surface area contributed by atoms with E-state index in [4.69, 9.17) is 21.1 Å². The second kappa shape index (κ2) is 7.44. The molecule has 2 aromatic rings. The van der Waals surface area contributed by atoms with Gasteiger partial charge in [-0.2, -0.15) is 13.2 Å². The highest BCUT2D eigenvalue weighted by Gasteiger charge is 2.29. The number of rotatable bonds is 5. The summed E-state index contributed by atoms with van der Waals surface area (Å²) in [6.45, 7) is -1.48. The number of carbonyl (C=O) groups excluding carboxylic acids is 1. The molecule has 1 N–H and O–H groups in total. The van der Waals surface area contributed by atoms with Gasteiger partial charge in [0.15, 0.2) is 6.61 Å².